The third-order valence-corrected chi connectivity index (χ3v) is 8.95. The lowest BCUT2D eigenvalue weighted by Gasteiger charge is -2.18. The highest BCUT2D eigenvalue weighted by atomic mass is 32.2. The zero-order chi connectivity index (χ0) is 27.4. The number of pyridine rings is 1. The maximum atomic E-state index is 15.5. The minimum absolute atomic E-state index is 0.00161. The Hall–Kier alpha value is -4.14. The number of nitrogens with zero attached hydrogens (tertiary/aromatic N) is 3. The van der Waals surface area contributed by atoms with Gasteiger partial charge in [-0.25, -0.2) is 20.3 Å². The first kappa shape index (κ1) is 25.2. The van der Waals surface area contributed by atoms with Gasteiger partial charge in [-0.2, -0.15) is 12.7 Å². The van der Waals surface area contributed by atoms with E-state index in [4.69, 9.17) is 6.57 Å². The van der Waals surface area contributed by atoms with Crippen molar-refractivity contribution in [3.63, 3.8) is 0 Å². The molecule has 0 atom stereocenters. The summed E-state index contributed by atoms with van der Waals surface area (Å²) in [5, 5.41) is 0.364. The van der Waals surface area contributed by atoms with E-state index in [1.807, 2.05) is 24.3 Å². The van der Waals surface area contributed by atoms with E-state index in [0.29, 0.717) is 42.5 Å². The summed E-state index contributed by atoms with van der Waals surface area (Å²) >= 11 is 0. The lowest BCUT2D eigenvalue weighted by atomic mass is 9.98. The van der Waals surface area contributed by atoms with Crippen LogP contribution in [0.1, 0.15) is 47.2 Å². The molecular formula is C28H23F2N5O3S. The minimum Gasteiger partial charge on any atom is -0.345 e. The fourth-order valence-corrected chi connectivity index (χ4v) is 6.32. The first-order valence-electron chi connectivity index (χ1n) is 12.5. The zero-order valence-electron chi connectivity index (χ0n) is 20.7. The monoisotopic (exact) mass is 547 g/mol. The molecule has 4 aromatic rings. The number of hydrogen-bond donors (Lipinski definition) is 2. The predicted molar refractivity (Wildman–Crippen MR) is 142 cm³/mol. The number of hydrogen-bond acceptors (Lipinski definition) is 4. The Kier molecular flexibility index (Phi) is 5.97. The van der Waals surface area contributed by atoms with E-state index in [9.17, 15) is 17.6 Å². The molecule has 2 N–H and O–H groups in total. The molecule has 1 aliphatic carbocycles. The van der Waals surface area contributed by atoms with E-state index in [2.05, 4.69) is 19.5 Å². The van der Waals surface area contributed by atoms with Crippen molar-refractivity contribution in [2.24, 2.45) is 0 Å². The van der Waals surface area contributed by atoms with Crippen molar-refractivity contribution in [2.45, 2.75) is 31.2 Å². The van der Waals surface area contributed by atoms with Gasteiger partial charge < -0.3 is 9.83 Å². The van der Waals surface area contributed by atoms with Crippen molar-refractivity contribution in [1.29, 1.82) is 0 Å². The quantitative estimate of drug-likeness (QED) is 0.239. The highest BCUT2D eigenvalue weighted by molar-refractivity contribution is 7.90. The molecule has 0 spiro atoms. The first-order valence-corrected chi connectivity index (χ1v) is 13.9. The van der Waals surface area contributed by atoms with Gasteiger partial charge in [0.25, 0.3) is 5.54 Å². The molecule has 2 aliphatic rings. The largest absolute Gasteiger partial charge is 0.345 e. The van der Waals surface area contributed by atoms with Gasteiger partial charge in [0.1, 0.15) is 11.5 Å². The van der Waals surface area contributed by atoms with Crippen LogP contribution in [-0.4, -0.2) is 41.6 Å². The summed E-state index contributed by atoms with van der Waals surface area (Å²) in [5.41, 5.74) is 1.02. The summed E-state index contributed by atoms with van der Waals surface area (Å²) in [5.74, 6) is -3.34. The average Bonchev–Trinajstić information content (AvgIpc) is 3.32. The molecule has 1 saturated carbocycles. The second-order valence-electron chi connectivity index (χ2n) is 9.87. The first-order chi connectivity index (χ1) is 18.7. The van der Waals surface area contributed by atoms with Gasteiger partial charge in [-0.05, 0) is 36.6 Å². The maximum Gasteiger partial charge on any atom is 0.301 e. The van der Waals surface area contributed by atoms with Gasteiger partial charge in [-0.15, -0.1) is 0 Å². The van der Waals surface area contributed by atoms with Crippen molar-refractivity contribution in [3.8, 4) is 11.1 Å². The number of halogens is 2. The van der Waals surface area contributed by atoms with Crippen LogP contribution in [0.2, 0.25) is 0 Å². The number of carbonyl (C=O) groups is 1. The van der Waals surface area contributed by atoms with Crippen LogP contribution in [0.5, 0.6) is 0 Å². The molecule has 3 heterocycles. The van der Waals surface area contributed by atoms with Gasteiger partial charge in [0.2, 0.25) is 5.78 Å². The van der Waals surface area contributed by atoms with Crippen LogP contribution in [0, 0.1) is 18.2 Å². The summed E-state index contributed by atoms with van der Waals surface area (Å²) in [6, 6.07) is 11.1. The maximum absolute atomic E-state index is 15.5. The third kappa shape index (κ3) is 4.35. The van der Waals surface area contributed by atoms with E-state index in [-0.39, 0.29) is 5.56 Å². The van der Waals surface area contributed by atoms with Gasteiger partial charge in [0.05, 0.1) is 11.3 Å². The summed E-state index contributed by atoms with van der Waals surface area (Å²) in [4.78, 5) is 24.4. The van der Waals surface area contributed by atoms with Gasteiger partial charge >= 0.3 is 10.2 Å². The molecular weight excluding hydrogens is 524 g/mol. The average molecular weight is 548 g/mol. The molecule has 2 aromatic heterocycles. The third-order valence-electron chi connectivity index (χ3n) is 7.43. The van der Waals surface area contributed by atoms with E-state index in [1.165, 1.54) is 10.5 Å². The number of aromatic nitrogens is 2. The number of carbonyl (C=O) groups excluding carboxylic acids is 1. The number of aromatic amines is 1. The molecule has 0 amide bonds. The van der Waals surface area contributed by atoms with Crippen molar-refractivity contribution in [1.82, 2.24) is 14.3 Å². The SMILES string of the molecule is [C-]#[N+]C1(c2ccc(-c3cnc4[nH]cc(C(=O)c5c(F)ccc(NS(=O)(=O)N6CCCC6)c5F)c4c3)cc2)CC1. The molecule has 0 bridgehead atoms. The number of H-pyrrole nitrogens is 1. The number of fused-ring (bicyclic) bond motifs is 1. The number of nitrogens with one attached hydrogen (secondary N) is 2. The molecule has 2 fully saturated rings. The van der Waals surface area contributed by atoms with Gasteiger partial charge in [-0.1, -0.05) is 24.3 Å². The molecule has 2 aromatic carbocycles. The number of benzene rings is 2. The van der Waals surface area contributed by atoms with E-state index in [1.54, 1.807) is 12.3 Å². The number of rotatable bonds is 7. The smallest absolute Gasteiger partial charge is 0.301 e. The molecule has 0 unspecified atom stereocenters. The Morgan fingerprint density at radius 1 is 1.08 bits per heavy atom. The van der Waals surface area contributed by atoms with Crippen molar-refractivity contribution < 1.29 is 22.0 Å². The molecule has 6 rings (SSSR count). The van der Waals surface area contributed by atoms with Crippen LogP contribution in [0.15, 0.2) is 54.9 Å². The Labute approximate surface area is 223 Å². The Balaban J connectivity index is 1.34. The van der Waals surface area contributed by atoms with Crippen LogP contribution in [-0.2, 0) is 15.7 Å². The fraction of sp³-hybridized carbons (Fsp3) is 0.250. The second kappa shape index (κ2) is 9.25. The van der Waals surface area contributed by atoms with Crippen molar-refractivity contribution >= 4 is 32.7 Å². The van der Waals surface area contributed by atoms with Crippen LogP contribution in [0.4, 0.5) is 14.5 Å². The molecule has 8 nitrogen and oxygen atoms in total. The normalized spacial score (nSPS) is 16.7. The Morgan fingerprint density at radius 3 is 2.46 bits per heavy atom. The lowest BCUT2D eigenvalue weighted by Crippen LogP contribution is -2.33. The standard InChI is InChI=1S/C28H23F2N5O3S/c1-31-28(10-11-28)19-6-4-17(5-7-19)18-14-20-21(16-33-27(20)32-15-18)26(36)24-22(29)8-9-23(25(24)30)34-39(37,38)35-12-2-3-13-35/h4-9,14-16,34H,2-3,10-13H2,(H,32,33). The van der Waals surface area contributed by atoms with E-state index < -0.39 is 44.4 Å². The van der Waals surface area contributed by atoms with Crippen LogP contribution < -0.4 is 4.72 Å². The molecule has 1 saturated heterocycles. The topological polar surface area (TPSA) is 99.5 Å². The summed E-state index contributed by atoms with van der Waals surface area (Å²) in [6.07, 6.45) is 6.02. The highest BCUT2D eigenvalue weighted by Crippen LogP contribution is 2.49. The van der Waals surface area contributed by atoms with Crippen LogP contribution in [0.3, 0.4) is 0 Å². The predicted octanol–water partition coefficient (Wildman–Crippen LogP) is 5.40. The van der Waals surface area contributed by atoms with Crippen LogP contribution >= 0.6 is 0 Å². The molecule has 11 heteroatoms. The zero-order valence-corrected chi connectivity index (χ0v) is 21.5. The highest BCUT2D eigenvalue weighted by Gasteiger charge is 2.52. The fourth-order valence-electron chi connectivity index (χ4n) is 5.01. The van der Waals surface area contributed by atoms with E-state index >= 15 is 4.39 Å². The van der Waals surface area contributed by atoms with E-state index in [0.717, 1.165) is 36.1 Å². The van der Waals surface area contributed by atoms with Gasteiger partial charge in [0.15, 0.2) is 5.82 Å². The minimum atomic E-state index is -4.05. The molecule has 0 radical (unpaired) electrons. The Bertz CT molecular complexity index is 1770. The molecule has 1 aliphatic heterocycles. The van der Waals surface area contributed by atoms with Gasteiger partial charge in [-0.3, -0.25) is 9.52 Å². The Morgan fingerprint density at radius 2 is 1.79 bits per heavy atom. The summed E-state index contributed by atoms with van der Waals surface area (Å²) < 4.78 is 58.9. The van der Waals surface area contributed by atoms with Crippen molar-refractivity contribution in [3.05, 3.63) is 94.6 Å². The molecule has 198 valence electrons. The molecule has 39 heavy (non-hydrogen) atoms. The van der Waals surface area contributed by atoms with Crippen molar-refractivity contribution in [2.75, 3.05) is 17.8 Å². The number of anilines is 1. The lowest BCUT2D eigenvalue weighted by molar-refractivity contribution is 0.103. The second-order valence-corrected chi connectivity index (χ2v) is 11.5. The summed E-state index contributed by atoms with van der Waals surface area (Å²) in [7, 11) is -4.05. The summed E-state index contributed by atoms with van der Waals surface area (Å²) in [6.45, 7) is 8.05. The van der Waals surface area contributed by atoms with Crippen LogP contribution in [0.25, 0.3) is 27.0 Å². The number of ketones is 1. The van der Waals surface area contributed by atoms with Gasteiger partial charge in [0, 0.05) is 60.4 Å².